The molecule has 3 aromatic rings. The highest BCUT2D eigenvalue weighted by atomic mass is 35.5. The van der Waals surface area contributed by atoms with E-state index in [-0.39, 0.29) is 11.3 Å². The van der Waals surface area contributed by atoms with E-state index in [9.17, 15) is 9.59 Å². The molecule has 1 N–H and O–H groups in total. The van der Waals surface area contributed by atoms with Gasteiger partial charge in [0.1, 0.15) is 0 Å². The van der Waals surface area contributed by atoms with Crippen LogP contribution in [0.2, 0.25) is 10.0 Å². The van der Waals surface area contributed by atoms with E-state index in [1.54, 1.807) is 42.5 Å². The molecule has 25 heavy (non-hydrogen) atoms. The predicted molar refractivity (Wildman–Crippen MR) is 98.5 cm³/mol. The molecule has 0 saturated carbocycles. The van der Waals surface area contributed by atoms with Crippen molar-refractivity contribution in [1.82, 2.24) is 15.2 Å². The molecule has 0 aliphatic rings. The molecule has 3 rings (SSSR count). The number of hydrogen-bond donors (Lipinski definition) is 1. The van der Waals surface area contributed by atoms with Crippen molar-refractivity contribution in [3.05, 3.63) is 74.1 Å². The Hall–Kier alpha value is -2.70. The van der Waals surface area contributed by atoms with Gasteiger partial charge in [0, 0.05) is 23.0 Å². The number of nitrogens with one attached hydrogen (secondary N) is 1. The first-order chi connectivity index (χ1) is 12.0. The molecule has 0 aliphatic carbocycles. The van der Waals surface area contributed by atoms with Crippen molar-refractivity contribution in [3.63, 3.8) is 0 Å². The Morgan fingerprint density at radius 1 is 1.20 bits per heavy atom. The summed E-state index contributed by atoms with van der Waals surface area (Å²) in [7, 11) is 1.49. The highest BCUT2D eigenvalue weighted by Crippen LogP contribution is 2.19. The van der Waals surface area contributed by atoms with E-state index in [4.69, 9.17) is 23.2 Å². The topological polar surface area (TPSA) is 76.3 Å². The lowest BCUT2D eigenvalue weighted by Gasteiger charge is -2.06. The van der Waals surface area contributed by atoms with E-state index in [2.05, 4.69) is 15.6 Å². The number of nitrogens with zero attached hydrogens (tertiary/aromatic N) is 3. The maximum Gasteiger partial charge on any atom is 0.292 e. The van der Waals surface area contributed by atoms with Crippen LogP contribution >= 0.6 is 23.2 Å². The number of fused-ring (bicyclic) bond motifs is 1. The Labute approximate surface area is 152 Å². The average Bonchev–Trinajstić information content (AvgIpc) is 2.60. The number of aromatic nitrogens is 2. The van der Waals surface area contributed by atoms with Crippen LogP contribution in [0.4, 0.5) is 0 Å². The van der Waals surface area contributed by atoms with Crippen LogP contribution in [-0.4, -0.2) is 21.9 Å². The second-order valence-corrected chi connectivity index (χ2v) is 6.03. The molecular weight excluding hydrogens is 363 g/mol. The zero-order valence-corrected chi connectivity index (χ0v) is 14.5. The lowest BCUT2D eigenvalue weighted by molar-refractivity contribution is 0.0950. The Morgan fingerprint density at radius 3 is 2.64 bits per heavy atom. The summed E-state index contributed by atoms with van der Waals surface area (Å²) in [5, 5.41) is 9.71. The molecule has 126 valence electrons. The van der Waals surface area contributed by atoms with Gasteiger partial charge in [-0.15, -0.1) is 0 Å². The molecule has 0 atom stereocenters. The fraction of sp³-hybridized carbons (Fsp3) is 0.0588. The summed E-state index contributed by atoms with van der Waals surface area (Å²) in [5.41, 5.74) is 2.82. The molecule has 1 amide bonds. The Balaban J connectivity index is 1.89. The van der Waals surface area contributed by atoms with Gasteiger partial charge >= 0.3 is 0 Å². The van der Waals surface area contributed by atoms with Gasteiger partial charge in [0.2, 0.25) is 0 Å². The normalized spacial score (nSPS) is 11.2. The van der Waals surface area contributed by atoms with Gasteiger partial charge in [-0.05, 0) is 18.2 Å². The number of hydrazone groups is 1. The van der Waals surface area contributed by atoms with Gasteiger partial charge < -0.3 is 0 Å². The van der Waals surface area contributed by atoms with Gasteiger partial charge in [0.05, 0.1) is 16.6 Å². The fourth-order valence-corrected chi connectivity index (χ4v) is 2.74. The first kappa shape index (κ1) is 17.1. The summed E-state index contributed by atoms with van der Waals surface area (Å²) < 4.78 is 1.12. The third kappa shape index (κ3) is 3.55. The second kappa shape index (κ2) is 7.04. The number of benzene rings is 2. The number of amides is 1. The summed E-state index contributed by atoms with van der Waals surface area (Å²) in [6.07, 6.45) is 1.40. The van der Waals surface area contributed by atoms with Crippen molar-refractivity contribution in [2.45, 2.75) is 0 Å². The summed E-state index contributed by atoms with van der Waals surface area (Å²) in [5.74, 6) is -0.534. The fourth-order valence-electron chi connectivity index (χ4n) is 2.29. The minimum absolute atomic E-state index is 0.108. The van der Waals surface area contributed by atoms with Gasteiger partial charge in [-0.2, -0.15) is 10.2 Å². The monoisotopic (exact) mass is 374 g/mol. The van der Waals surface area contributed by atoms with Crippen LogP contribution in [0.3, 0.4) is 0 Å². The summed E-state index contributed by atoms with van der Waals surface area (Å²) in [4.78, 5) is 24.5. The Bertz CT molecular complexity index is 1060. The minimum Gasteiger partial charge on any atom is -0.267 e. The van der Waals surface area contributed by atoms with Crippen molar-refractivity contribution in [2.24, 2.45) is 12.1 Å². The molecule has 0 unspecified atom stereocenters. The minimum atomic E-state index is -0.534. The van der Waals surface area contributed by atoms with Crippen molar-refractivity contribution in [2.75, 3.05) is 0 Å². The molecule has 1 heterocycles. The van der Waals surface area contributed by atoms with Gasteiger partial charge in [-0.1, -0.05) is 47.5 Å². The van der Waals surface area contributed by atoms with Gasteiger partial charge in [-0.3, -0.25) is 9.59 Å². The van der Waals surface area contributed by atoms with E-state index in [1.807, 2.05) is 0 Å². The zero-order valence-electron chi connectivity index (χ0n) is 13.0. The number of rotatable bonds is 3. The summed E-state index contributed by atoms with van der Waals surface area (Å²) in [6, 6.07) is 11.7. The predicted octanol–water partition coefficient (Wildman–Crippen LogP) is 3.00. The summed E-state index contributed by atoms with van der Waals surface area (Å²) in [6.45, 7) is 0. The molecule has 6 nitrogen and oxygen atoms in total. The van der Waals surface area contributed by atoms with E-state index < -0.39 is 5.91 Å². The van der Waals surface area contributed by atoms with Gasteiger partial charge in [0.15, 0.2) is 5.69 Å². The van der Waals surface area contributed by atoms with E-state index >= 15 is 0 Å². The number of carbonyl (C=O) groups is 1. The van der Waals surface area contributed by atoms with E-state index in [1.165, 1.54) is 13.3 Å². The van der Waals surface area contributed by atoms with Crippen LogP contribution in [0.15, 0.2) is 52.4 Å². The van der Waals surface area contributed by atoms with Crippen LogP contribution in [-0.2, 0) is 7.05 Å². The highest BCUT2D eigenvalue weighted by Gasteiger charge is 2.14. The van der Waals surface area contributed by atoms with E-state index in [0.717, 1.165) is 4.68 Å². The number of hydrogen-bond acceptors (Lipinski definition) is 4. The number of carbonyl (C=O) groups excluding carboxylic acids is 1. The number of halogens is 2. The zero-order chi connectivity index (χ0) is 18.0. The maximum atomic E-state index is 12.4. The third-order valence-corrected chi connectivity index (χ3v) is 4.07. The molecule has 1 aromatic heterocycles. The smallest absolute Gasteiger partial charge is 0.267 e. The number of aryl methyl sites for hydroxylation is 1. The van der Waals surface area contributed by atoms with Gasteiger partial charge in [-0.25, -0.2) is 10.1 Å². The third-order valence-electron chi connectivity index (χ3n) is 3.50. The van der Waals surface area contributed by atoms with Crippen LogP contribution in [0, 0.1) is 0 Å². The molecule has 8 heteroatoms. The molecule has 2 aromatic carbocycles. The highest BCUT2D eigenvalue weighted by molar-refractivity contribution is 6.36. The van der Waals surface area contributed by atoms with Crippen molar-refractivity contribution >= 4 is 46.1 Å². The van der Waals surface area contributed by atoms with Crippen molar-refractivity contribution < 1.29 is 4.79 Å². The summed E-state index contributed by atoms with van der Waals surface area (Å²) >= 11 is 11.9. The largest absolute Gasteiger partial charge is 0.292 e. The second-order valence-electron chi connectivity index (χ2n) is 5.19. The van der Waals surface area contributed by atoms with Crippen molar-refractivity contribution in [3.8, 4) is 0 Å². The first-order valence-corrected chi connectivity index (χ1v) is 7.97. The lowest BCUT2D eigenvalue weighted by Crippen LogP contribution is -2.27. The Kier molecular flexibility index (Phi) is 4.83. The van der Waals surface area contributed by atoms with Crippen LogP contribution in [0.25, 0.3) is 10.8 Å². The maximum absolute atomic E-state index is 12.4. The molecular formula is C17H12Cl2N4O2. The Morgan fingerprint density at radius 2 is 1.92 bits per heavy atom. The molecule has 0 aliphatic heterocycles. The molecule has 0 bridgehead atoms. The molecule has 0 saturated heterocycles. The first-order valence-electron chi connectivity index (χ1n) is 7.22. The van der Waals surface area contributed by atoms with Crippen LogP contribution < -0.4 is 11.0 Å². The van der Waals surface area contributed by atoms with E-state index in [0.29, 0.717) is 26.4 Å². The van der Waals surface area contributed by atoms with Gasteiger partial charge in [0.25, 0.3) is 11.5 Å². The standard InChI is InChI=1S/C17H12Cl2N4O2/c1-23-17(25)13-5-3-2-4-12(13)15(22-23)16(24)21-20-9-10-6-7-11(18)8-14(10)19/h2-9H,1H3,(H,21,24)/b20-9-. The average molecular weight is 375 g/mol. The molecule has 0 fully saturated rings. The van der Waals surface area contributed by atoms with Crippen LogP contribution in [0.5, 0.6) is 0 Å². The molecule has 0 spiro atoms. The van der Waals surface area contributed by atoms with Crippen LogP contribution in [0.1, 0.15) is 16.1 Å². The lowest BCUT2D eigenvalue weighted by atomic mass is 10.1. The SMILES string of the molecule is Cn1nc(C(=O)N/N=C\c2ccc(Cl)cc2Cl)c2ccccc2c1=O. The quantitative estimate of drug-likeness (QED) is 0.565. The van der Waals surface area contributed by atoms with Crippen molar-refractivity contribution in [1.29, 1.82) is 0 Å². The molecule has 0 radical (unpaired) electrons.